The van der Waals surface area contributed by atoms with Crippen molar-refractivity contribution in [3.8, 4) is 0 Å². The van der Waals surface area contributed by atoms with E-state index in [1.807, 2.05) is 6.92 Å². The van der Waals surface area contributed by atoms with Gasteiger partial charge in [-0.2, -0.15) is 0 Å². The van der Waals surface area contributed by atoms with Crippen LogP contribution in [0.15, 0.2) is 0 Å². The maximum atomic E-state index is 5.85. The molecule has 1 fully saturated rings. The maximum absolute atomic E-state index is 5.85. The third kappa shape index (κ3) is 2.86. The van der Waals surface area contributed by atoms with E-state index in [-0.39, 0.29) is 5.38 Å². The SMILES string of the molecule is CC(Cl)CN1CCNCC1. The third-order valence-corrected chi connectivity index (χ3v) is 1.86. The molecule has 0 aliphatic carbocycles. The number of piperazine rings is 1. The second-order valence-corrected chi connectivity index (χ2v) is 3.58. The Labute approximate surface area is 67.5 Å². The van der Waals surface area contributed by atoms with Crippen LogP contribution in [0.1, 0.15) is 6.92 Å². The van der Waals surface area contributed by atoms with E-state index >= 15 is 0 Å². The van der Waals surface area contributed by atoms with Gasteiger partial charge in [-0.25, -0.2) is 0 Å². The topological polar surface area (TPSA) is 15.3 Å². The summed E-state index contributed by atoms with van der Waals surface area (Å²) in [4.78, 5) is 2.40. The molecule has 1 N–H and O–H groups in total. The minimum Gasteiger partial charge on any atom is -0.314 e. The average molecular weight is 163 g/mol. The molecule has 0 radical (unpaired) electrons. The molecule has 1 aliphatic rings. The highest BCUT2D eigenvalue weighted by molar-refractivity contribution is 6.20. The van der Waals surface area contributed by atoms with Gasteiger partial charge in [-0.05, 0) is 6.92 Å². The van der Waals surface area contributed by atoms with Gasteiger partial charge in [0.05, 0.1) is 0 Å². The Kier molecular flexibility index (Phi) is 3.46. The van der Waals surface area contributed by atoms with Crippen molar-refractivity contribution in [3.05, 3.63) is 0 Å². The molecule has 0 aromatic heterocycles. The molecule has 0 bridgehead atoms. The molecule has 1 saturated heterocycles. The van der Waals surface area contributed by atoms with Crippen LogP contribution < -0.4 is 5.32 Å². The largest absolute Gasteiger partial charge is 0.314 e. The fourth-order valence-electron chi connectivity index (χ4n) is 1.25. The summed E-state index contributed by atoms with van der Waals surface area (Å²) in [5.74, 6) is 0. The smallest absolute Gasteiger partial charge is 0.0435 e. The van der Waals surface area contributed by atoms with E-state index in [0.717, 1.165) is 32.7 Å². The van der Waals surface area contributed by atoms with E-state index < -0.39 is 0 Å². The number of nitrogens with one attached hydrogen (secondary N) is 1. The highest BCUT2D eigenvalue weighted by atomic mass is 35.5. The summed E-state index contributed by atoms with van der Waals surface area (Å²) >= 11 is 5.85. The van der Waals surface area contributed by atoms with Gasteiger partial charge >= 0.3 is 0 Å². The van der Waals surface area contributed by atoms with E-state index in [4.69, 9.17) is 11.6 Å². The lowest BCUT2D eigenvalue weighted by molar-refractivity contribution is 0.243. The Morgan fingerprint density at radius 1 is 1.50 bits per heavy atom. The van der Waals surface area contributed by atoms with Crippen LogP contribution >= 0.6 is 11.6 Å². The fraction of sp³-hybridized carbons (Fsp3) is 1.00. The summed E-state index contributed by atoms with van der Waals surface area (Å²) in [5, 5.41) is 3.59. The Hall–Kier alpha value is 0.210. The molecule has 1 unspecified atom stereocenters. The molecule has 1 rings (SSSR count). The first-order chi connectivity index (χ1) is 4.79. The Morgan fingerprint density at radius 3 is 2.60 bits per heavy atom. The lowest BCUT2D eigenvalue weighted by Crippen LogP contribution is -2.45. The Bertz CT molecular complexity index is 89.6. The highest BCUT2D eigenvalue weighted by Gasteiger charge is 2.10. The van der Waals surface area contributed by atoms with Crippen LogP contribution in [0.25, 0.3) is 0 Å². The third-order valence-electron chi connectivity index (χ3n) is 1.72. The first-order valence-corrected chi connectivity index (χ1v) is 4.30. The van der Waals surface area contributed by atoms with Crippen molar-refractivity contribution < 1.29 is 0 Å². The van der Waals surface area contributed by atoms with Crippen LogP contribution in [0, 0.1) is 0 Å². The molecular formula is C7H15ClN2. The first-order valence-electron chi connectivity index (χ1n) is 3.86. The first kappa shape index (κ1) is 8.31. The second-order valence-electron chi connectivity index (χ2n) is 2.83. The predicted octanol–water partition coefficient (Wildman–Crippen LogP) is 0.519. The van der Waals surface area contributed by atoms with E-state index in [2.05, 4.69) is 10.2 Å². The van der Waals surface area contributed by atoms with Crippen LogP contribution in [0.4, 0.5) is 0 Å². The Morgan fingerprint density at radius 2 is 2.10 bits per heavy atom. The second kappa shape index (κ2) is 4.16. The van der Waals surface area contributed by atoms with Gasteiger partial charge in [-0.15, -0.1) is 11.6 Å². The van der Waals surface area contributed by atoms with Gasteiger partial charge in [0.25, 0.3) is 0 Å². The summed E-state index contributed by atoms with van der Waals surface area (Å²) < 4.78 is 0. The van der Waals surface area contributed by atoms with Crippen LogP contribution in [0.2, 0.25) is 0 Å². The zero-order chi connectivity index (χ0) is 7.40. The monoisotopic (exact) mass is 162 g/mol. The van der Waals surface area contributed by atoms with Crippen LogP contribution in [0.5, 0.6) is 0 Å². The van der Waals surface area contributed by atoms with Crippen molar-refractivity contribution in [2.45, 2.75) is 12.3 Å². The molecule has 0 saturated carbocycles. The average Bonchev–Trinajstić information content (AvgIpc) is 1.88. The van der Waals surface area contributed by atoms with Crippen molar-refractivity contribution in [2.24, 2.45) is 0 Å². The van der Waals surface area contributed by atoms with Crippen LogP contribution in [-0.2, 0) is 0 Å². The predicted molar refractivity (Wildman–Crippen MR) is 44.6 cm³/mol. The summed E-state index contributed by atoms with van der Waals surface area (Å²) in [6, 6.07) is 0. The number of nitrogens with zero attached hydrogens (tertiary/aromatic N) is 1. The number of alkyl halides is 1. The number of rotatable bonds is 2. The molecule has 3 heteroatoms. The van der Waals surface area contributed by atoms with Gasteiger partial charge in [-0.1, -0.05) is 0 Å². The molecule has 1 aliphatic heterocycles. The summed E-state index contributed by atoms with van der Waals surface area (Å²) in [6.07, 6.45) is 0. The molecule has 0 aromatic carbocycles. The van der Waals surface area contributed by atoms with E-state index in [1.165, 1.54) is 0 Å². The molecule has 1 heterocycles. The molecule has 1 atom stereocenters. The van der Waals surface area contributed by atoms with Gasteiger partial charge in [0.1, 0.15) is 0 Å². The zero-order valence-corrected chi connectivity index (χ0v) is 7.19. The molecule has 0 amide bonds. The number of hydrogen-bond donors (Lipinski definition) is 1. The number of hydrogen-bond acceptors (Lipinski definition) is 2. The maximum Gasteiger partial charge on any atom is 0.0435 e. The van der Waals surface area contributed by atoms with Gasteiger partial charge in [0, 0.05) is 38.1 Å². The van der Waals surface area contributed by atoms with Crippen molar-refractivity contribution in [3.63, 3.8) is 0 Å². The minimum atomic E-state index is 0.290. The lowest BCUT2D eigenvalue weighted by atomic mass is 10.3. The van der Waals surface area contributed by atoms with Crippen molar-refractivity contribution in [2.75, 3.05) is 32.7 Å². The summed E-state index contributed by atoms with van der Waals surface area (Å²) in [6.45, 7) is 7.61. The fourth-order valence-corrected chi connectivity index (χ4v) is 1.44. The van der Waals surface area contributed by atoms with Crippen molar-refractivity contribution >= 4 is 11.6 Å². The Balaban J connectivity index is 2.13. The zero-order valence-electron chi connectivity index (χ0n) is 6.44. The molecule has 2 nitrogen and oxygen atoms in total. The van der Waals surface area contributed by atoms with E-state index in [1.54, 1.807) is 0 Å². The molecule has 0 aromatic rings. The quantitative estimate of drug-likeness (QED) is 0.596. The van der Waals surface area contributed by atoms with E-state index in [9.17, 15) is 0 Å². The van der Waals surface area contributed by atoms with Crippen molar-refractivity contribution in [1.82, 2.24) is 10.2 Å². The number of halogens is 1. The highest BCUT2D eigenvalue weighted by Crippen LogP contribution is 1.99. The normalized spacial score (nSPS) is 24.6. The van der Waals surface area contributed by atoms with Gasteiger partial charge in [0.2, 0.25) is 0 Å². The standard InChI is InChI=1S/C7H15ClN2/c1-7(8)6-10-4-2-9-3-5-10/h7,9H,2-6H2,1H3. The van der Waals surface area contributed by atoms with Gasteiger partial charge < -0.3 is 5.32 Å². The molecular weight excluding hydrogens is 148 g/mol. The van der Waals surface area contributed by atoms with Crippen LogP contribution in [0.3, 0.4) is 0 Å². The van der Waals surface area contributed by atoms with Crippen LogP contribution in [-0.4, -0.2) is 43.0 Å². The van der Waals surface area contributed by atoms with E-state index in [0.29, 0.717) is 0 Å². The lowest BCUT2D eigenvalue weighted by Gasteiger charge is -2.27. The molecule has 10 heavy (non-hydrogen) atoms. The summed E-state index contributed by atoms with van der Waals surface area (Å²) in [7, 11) is 0. The van der Waals surface area contributed by atoms with Gasteiger partial charge in [-0.3, -0.25) is 4.90 Å². The van der Waals surface area contributed by atoms with Gasteiger partial charge in [0.15, 0.2) is 0 Å². The van der Waals surface area contributed by atoms with Crippen molar-refractivity contribution in [1.29, 1.82) is 0 Å². The molecule has 60 valence electrons. The minimum absolute atomic E-state index is 0.290. The molecule has 0 spiro atoms. The summed E-state index contributed by atoms with van der Waals surface area (Å²) in [5.41, 5.74) is 0.